The number of aryl methyl sites for hydroxylation is 3. The largest absolute Gasteiger partial charge is 0.391 e. The van der Waals surface area contributed by atoms with Gasteiger partial charge in [0.1, 0.15) is 11.7 Å². The lowest BCUT2D eigenvalue weighted by Crippen LogP contribution is -2.15. The van der Waals surface area contributed by atoms with Crippen LogP contribution in [0, 0.1) is 27.0 Å². The summed E-state index contributed by atoms with van der Waals surface area (Å²) in [7, 11) is -4.58. The Morgan fingerprint density at radius 2 is 1.78 bits per heavy atom. The van der Waals surface area contributed by atoms with Crippen LogP contribution >= 0.6 is 7.60 Å². The number of fused-ring (bicyclic) bond motifs is 3. The molecule has 0 aliphatic carbocycles. The summed E-state index contributed by atoms with van der Waals surface area (Å²) in [5.74, 6) is 0.441. The number of nitrogens with zero attached hydrogens (tertiary/aromatic N) is 3. The molecule has 0 aliphatic rings. The number of imidazole rings is 1. The van der Waals surface area contributed by atoms with Crippen LogP contribution in [0.4, 0.5) is 11.5 Å². The quantitative estimate of drug-likeness (QED) is 0.472. The molecule has 2 heterocycles. The highest BCUT2D eigenvalue weighted by atomic mass is 31.2. The van der Waals surface area contributed by atoms with E-state index in [1.165, 1.54) is 4.40 Å². The monoisotopic (exact) mass is 381 g/mol. The molecular weight excluding hydrogens is 363 g/mol. The van der Waals surface area contributed by atoms with Gasteiger partial charge >= 0.3 is 7.60 Å². The van der Waals surface area contributed by atoms with Crippen molar-refractivity contribution in [1.29, 1.82) is 0 Å². The van der Waals surface area contributed by atoms with Crippen LogP contribution in [0.5, 0.6) is 0 Å². The smallest absolute Gasteiger partial charge is 0.338 e. The summed E-state index contributed by atoms with van der Waals surface area (Å²) in [4.78, 5) is 27.9. The lowest BCUT2D eigenvalue weighted by atomic mass is 10.1. The Morgan fingerprint density at radius 1 is 1.11 bits per heavy atom. The predicted octanol–water partition coefficient (Wildman–Crippen LogP) is 3.15. The topological polar surface area (TPSA) is 99.8 Å². The van der Waals surface area contributed by atoms with E-state index in [9.17, 15) is 14.4 Å². The van der Waals surface area contributed by atoms with Gasteiger partial charge in [-0.05, 0) is 44.0 Å². The first-order chi connectivity index (χ1) is 12.8. The van der Waals surface area contributed by atoms with Gasteiger partial charge in [0.15, 0.2) is 5.82 Å². The number of nitrogens with one attached hydrogen (secondary N) is 1. The van der Waals surface area contributed by atoms with Crippen LogP contribution in [0.25, 0.3) is 16.6 Å². The Bertz CT molecular complexity index is 1220. The third-order valence-corrected chi connectivity index (χ3v) is 5.27. The van der Waals surface area contributed by atoms with Gasteiger partial charge in [-0.25, -0.2) is 9.97 Å². The fourth-order valence-electron chi connectivity index (χ4n) is 3.39. The number of hydrogen-bond donors (Lipinski definition) is 3. The third kappa shape index (κ3) is 3.00. The van der Waals surface area contributed by atoms with Crippen molar-refractivity contribution < 1.29 is 14.4 Å². The van der Waals surface area contributed by atoms with Crippen LogP contribution in [0.2, 0.25) is 0 Å². The van der Waals surface area contributed by atoms with E-state index >= 15 is 0 Å². The average Bonchev–Trinajstić information content (AvgIpc) is 3.04. The number of rotatable bonds is 3. The predicted molar refractivity (Wildman–Crippen MR) is 105 cm³/mol. The van der Waals surface area contributed by atoms with Gasteiger partial charge in [-0.15, -0.1) is 0 Å². The first-order valence-corrected chi connectivity index (χ1v) is 9.97. The zero-order valence-corrected chi connectivity index (χ0v) is 16.0. The van der Waals surface area contributed by atoms with Crippen molar-refractivity contribution >= 4 is 41.2 Å². The zero-order valence-electron chi connectivity index (χ0n) is 15.1. The first-order valence-electron chi connectivity index (χ1n) is 8.35. The van der Waals surface area contributed by atoms with Gasteiger partial charge in [-0.2, -0.15) is 0 Å². The number of aromatic nitrogens is 3. The minimum Gasteiger partial charge on any atom is -0.338 e. The van der Waals surface area contributed by atoms with E-state index in [2.05, 4.69) is 33.6 Å². The first kappa shape index (κ1) is 17.7. The van der Waals surface area contributed by atoms with Gasteiger partial charge < -0.3 is 15.1 Å². The van der Waals surface area contributed by atoms with Crippen LogP contribution in [0.3, 0.4) is 0 Å². The normalized spacial score (nSPS) is 12.0. The number of para-hydroxylation sites is 2. The number of benzene rings is 2. The van der Waals surface area contributed by atoms with Gasteiger partial charge in [0.2, 0.25) is 5.57 Å². The molecule has 27 heavy (non-hydrogen) atoms. The lowest BCUT2D eigenvalue weighted by molar-refractivity contribution is 0.385. The van der Waals surface area contributed by atoms with E-state index < -0.39 is 7.60 Å². The second kappa shape index (κ2) is 6.16. The van der Waals surface area contributed by atoms with Gasteiger partial charge in [0.25, 0.3) is 0 Å². The van der Waals surface area contributed by atoms with Gasteiger partial charge in [0, 0.05) is 5.69 Å². The fourth-order valence-corrected chi connectivity index (χ4v) is 4.04. The molecule has 137 valence electrons. The SMILES string of the molecule is Cc1cc(C)c(Nc2nc3ccccc3n3c(P(=O)(O)O)n[c]c23)c(C)c1. The van der Waals surface area contributed by atoms with Crippen molar-refractivity contribution in [3.05, 3.63) is 59.3 Å². The number of hydrogen-bond acceptors (Lipinski definition) is 4. The highest BCUT2D eigenvalue weighted by Crippen LogP contribution is 2.35. The minimum absolute atomic E-state index is 0.350. The Balaban J connectivity index is 2.02. The molecule has 2 aromatic heterocycles. The molecule has 0 unspecified atom stereocenters. The Kier molecular flexibility index (Phi) is 4.03. The second-order valence-corrected chi connectivity index (χ2v) is 8.09. The Hall–Kier alpha value is -2.73. The molecule has 8 heteroatoms. The summed E-state index contributed by atoms with van der Waals surface area (Å²) in [5, 5.41) is 3.31. The molecule has 4 aromatic rings. The molecule has 1 radical (unpaired) electrons. The van der Waals surface area contributed by atoms with E-state index in [4.69, 9.17) is 0 Å². The van der Waals surface area contributed by atoms with E-state index in [-0.39, 0.29) is 5.57 Å². The van der Waals surface area contributed by atoms with Gasteiger partial charge in [0.05, 0.1) is 11.0 Å². The summed E-state index contributed by atoms with van der Waals surface area (Å²) >= 11 is 0. The van der Waals surface area contributed by atoms with Crippen LogP contribution in [-0.2, 0) is 4.57 Å². The van der Waals surface area contributed by atoms with E-state index in [1.54, 1.807) is 18.2 Å². The molecule has 0 bridgehead atoms. The fraction of sp³-hybridized carbons (Fsp3) is 0.158. The van der Waals surface area contributed by atoms with Crippen molar-refractivity contribution in [3.63, 3.8) is 0 Å². The van der Waals surface area contributed by atoms with Crippen LogP contribution < -0.4 is 10.9 Å². The summed E-state index contributed by atoms with van der Waals surface area (Å²) < 4.78 is 13.3. The van der Waals surface area contributed by atoms with Gasteiger partial charge in [-0.3, -0.25) is 8.97 Å². The highest BCUT2D eigenvalue weighted by Gasteiger charge is 2.26. The van der Waals surface area contributed by atoms with Crippen LogP contribution in [0.1, 0.15) is 16.7 Å². The Morgan fingerprint density at radius 3 is 2.44 bits per heavy atom. The average molecular weight is 381 g/mol. The van der Waals surface area contributed by atoms with Crippen molar-refractivity contribution in [1.82, 2.24) is 14.4 Å². The summed E-state index contributed by atoms with van der Waals surface area (Å²) in [5.41, 5.74) is 5.34. The molecule has 2 aromatic carbocycles. The van der Waals surface area contributed by atoms with Gasteiger partial charge in [-0.1, -0.05) is 29.8 Å². The molecular formula is C19H18N4O3P. The maximum Gasteiger partial charge on any atom is 0.391 e. The molecule has 7 nitrogen and oxygen atoms in total. The van der Waals surface area contributed by atoms with Crippen molar-refractivity contribution in [3.8, 4) is 0 Å². The van der Waals surface area contributed by atoms with Crippen molar-refractivity contribution in [2.24, 2.45) is 0 Å². The summed E-state index contributed by atoms with van der Waals surface area (Å²) in [6.45, 7) is 6.04. The number of anilines is 2. The molecule has 0 fully saturated rings. The molecule has 0 saturated heterocycles. The standard InChI is InChI=1S/C19H18N4O3P/c1-11-8-12(2)17(13(3)9-11)22-18-16-10-20-19(27(24,25)26)23(16)15-7-5-4-6-14(15)21-18/h4-9H,1-3H3,(H,21,22)(H2,24,25,26). The zero-order chi connectivity index (χ0) is 19.3. The summed E-state index contributed by atoms with van der Waals surface area (Å²) in [6, 6.07) is 11.3. The molecule has 0 atom stereocenters. The molecule has 3 N–H and O–H groups in total. The summed E-state index contributed by atoms with van der Waals surface area (Å²) in [6.07, 6.45) is 2.72. The molecule has 0 spiro atoms. The van der Waals surface area contributed by atoms with Crippen molar-refractivity contribution in [2.75, 3.05) is 5.32 Å². The van der Waals surface area contributed by atoms with E-state index in [0.717, 1.165) is 22.4 Å². The van der Waals surface area contributed by atoms with Crippen molar-refractivity contribution in [2.45, 2.75) is 20.8 Å². The maximum atomic E-state index is 11.9. The third-order valence-electron chi connectivity index (χ3n) is 4.45. The second-order valence-electron chi connectivity index (χ2n) is 6.60. The molecule has 4 rings (SSSR count). The van der Waals surface area contributed by atoms with Crippen LogP contribution in [-0.4, -0.2) is 24.2 Å². The van der Waals surface area contributed by atoms with E-state index in [1.807, 2.05) is 26.8 Å². The molecule has 0 saturated carbocycles. The molecule has 0 aliphatic heterocycles. The minimum atomic E-state index is -4.58. The maximum absolute atomic E-state index is 11.9. The van der Waals surface area contributed by atoms with Crippen LogP contribution in [0.15, 0.2) is 36.4 Å². The highest BCUT2D eigenvalue weighted by molar-refractivity contribution is 7.59. The molecule has 0 amide bonds. The lowest BCUT2D eigenvalue weighted by Gasteiger charge is -2.15. The van der Waals surface area contributed by atoms with E-state index in [0.29, 0.717) is 22.4 Å². The Labute approximate surface area is 155 Å².